The van der Waals surface area contributed by atoms with Crippen molar-refractivity contribution in [3.63, 3.8) is 0 Å². The smallest absolute Gasteiger partial charge is 0.278 e. The van der Waals surface area contributed by atoms with Crippen molar-refractivity contribution in [3.8, 4) is 5.88 Å². The molecule has 0 bridgehead atoms. The third-order valence-corrected chi connectivity index (χ3v) is 8.86. The molecule has 12 nitrogen and oxygen atoms in total. The zero-order valence-corrected chi connectivity index (χ0v) is 22.3. The van der Waals surface area contributed by atoms with Gasteiger partial charge in [-0.05, 0) is 29.8 Å². The van der Waals surface area contributed by atoms with E-state index in [-0.39, 0.29) is 11.4 Å². The number of thiophene rings is 1. The summed E-state index contributed by atoms with van der Waals surface area (Å²) in [6.45, 7) is 0.880. The molecule has 1 aliphatic rings. The Morgan fingerprint density at radius 3 is 2.74 bits per heavy atom. The minimum absolute atomic E-state index is 0.0592. The second-order valence-corrected chi connectivity index (χ2v) is 11.2. The normalized spacial score (nSPS) is 16.4. The van der Waals surface area contributed by atoms with E-state index < -0.39 is 22.0 Å². The van der Waals surface area contributed by atoms with E-state index in [2.05, 4.69) is 15.0 Å². The summed E-state index contributed by atoms with van der Waals surface area (Å²) in [4.78, 5) is 23.9. The molecular formula is C25H24N6O6S2. The molecule has 1 atom stereocenters. The van der Waals surface area contributed by atoms with Crippen molar-refractivity contribution in [2.45, 2.75) is 11.0 Å². The number of sulfonamides is 1. The predicted octanol–water partition coefficient (Wildman–Crippen LogP) is 2.80. The van der Waals surface area contributed by atoms with E-state index in [1.54, 1.807) is 41.7 Å². The van der Waals surface area contributed by atoms with Gasteiger partial charge in [-0.3, -0.25) is 10.0 Å². The molecule has 0 spiro atoms. The molecule has 0 aliphatic carbocycles. The first-order chi connectivity index (χ1) is 18.9. The maximum absolute atomic E-state index is 14.1. The van der Waals surface area contributed by atoms with Crippen LogP contribution in [0.4, 0.5) is 5.00 Å². The summed E-state index contributed by atoms with van der Waals surface area (Å²) in [6, 6.07) is 11.4. The van der Waals surface area contributed by atoms with Crippen LogP contribution in [0.25, 0.3) is 16.3 Å². The Morgan fingerprint density at radius 2 is 2.05 bits per heavy atom. The summed E-state index contributed by atoms with van der Waals surface area (Å²) in [5, 5.41) is 10.9. The summed E-state index contributed by atoms with van der Waals surface area (Å²) in [6.07, 6.45) is 6.90. The Hall–Kier alpha value is -3.95. The van der Waals surface area contributed by atoms with Crippen LogP contribution in [0, 0.1) is 0 Å². The Bertz CT molecular complexity index is 1560. The number of aromatic nitrogens is 3. The molecule has 14 heteroatoms. The highest BCUT2D eigenvalue weighted by atomic mass is 32.2. The van der Waals surface area contributed by atoms with Gasteiger partial charge in [0.2, 0.25) is 5.88 Å². The summed E-state index contributed by atoms with van der Waals surface area (Å²) < 4.78 is 41.4. The van der Waals surface area contributed by atoms with Crippen molar-refractivity contribution in [2.24, 2.45) is 0 Å². The molecule has 0 radical (unpaired) electrons. The number of ether oxygens (including phenoxy) is 2. The number of hydrazine groups is 1. The van der Waals surface area contributed by atoms with Gasteiger partial charge < -0.3 is 9.47 Å². The number of rotatable bonds is 8. The van der Waals surface area contributed by atoms with Crippen LogP contribution in [0.2, 0.25) is 0 Å². The van der Waals surface area contributed by atoms with Gasteiger partial charge in [0.1, 0.15) is 11.3 Å². The van der Waals surface area contributed by atoms with E-state index in [4.69, 9.17) is 14.7 Å². The minimum atomic E-state index is -4.08. The van der Waals surface area contributed by atoms with Crippen molar-refractivity contribution >= 4 is 48.6 Å². The molecule has 202 valence electrons. The average Bonchev–Trinajstić information content (AvgIpc) is 3.39. The quantitative estimate of drug-likeness (QED) is 0.185. The van der Waals surface area contributed by atoms with Gasteiger partial charge in [0.25, 0.3) is 15.9 Å². The van der Waals surface area contributed by atoms with Crippen LogP contribution in [0.5, 0.6) is 5.88 Å². The maximum Gasteiger partial charge on any atom is 0.278 e. The molecule has 4 heterocycles. The Balaban J connectivity index is 1.50. The summed E-state index contributed by atoms with van der Waals surface area (Å²) >= 11 is 1.27. The molecule has 2 N–H and O–H groups in total. The van der Waals surface area contributed by atoms with Crippen molar-refractivity contribution in [1.29, 1.82) is 0 Å². The monoisotopic (exact) mass is 568 g/mol. The van der Waals surface area contributed by atoms with Gasteiger partial charge >= 0.3 is 0 Å². The first-order valence-corrected chi connectivity index (χ1v) is 14.0. The van der Waals surface area contributed by atoms with Crippen molar-refractivity contribution in [3.05, 3.63) is 78.4 Å². The van der Waals surface area contributed by atoms with E-state index >= 15 is 0 Å². The second kappa shape index (κ2) is 11.4. The lowest BCUT2D eigenvalue weighted by Crippen LogP contribution is -2.52. The summed E-state index contributed by atoms with van der Waals surface area (Å²) in [5.41, 5.74) is 3.52. The Morgan fingerprint density at radius 1 is 1.23 bits per heavy atom. The lowest BCUT2D eigenvalue weighted by atomic mass is 10.1. The number of hydrogen-bond donors (Lipinski definition) is 2. The highest BCUT2D eigenvalue weighted by Crippen LogP contribution is 2.37. The standard InChI is InChI=1S/C25H24N6O6S2/c1-36-24-9-5-18(13-27-24)21-15-30(10-11-37-21)31(25-12-20-22(38-25)14-26-16-28-20)39(34,35)19-6-2-17(3-7-19)4-8-23(32)29-33/h2-9,12-14,16,21,33H,10-11,15H2,1H3,(H,29,32). The number of pyridine rings is 1. The minimum Gasteiger partial charge on any atom is -0.481 e. The van der Waals surface area contributed by atoms with Crippen LogP contribution in [0.3, 0.4) is 0 Å². The highest BCUT2D eigenvalue weighted by Gasteiger charge is 2.36. The molecule has 39 heavy (non-hydrogen) atoms. The van der Waals surface area contributed by atoms with Crippen molar-refractivity contribution < 1.29 is 27.9 Å². The molecule has 1 saturated heterocycles. The van der Waals surface area contributed by atoms with Gasteiger partial charge in [-0.15, -0.1) is 11.3 Å². The molecule has 1 aliphatic heterocycles. The van der Waals surface area contributed by atoms with Gasteiger partial charge in [0.15, 0.2) is 0 Å². The molecule has 1 fully saturated rings. The maximum atomic E-state index is 14.1. The number of hydrogen-bond acceptors (Lipinski definition) is 11. The first kappa shape index (κ1) is 26.6. The number of morpholine rings is 1. The van der Waals surface area contributed by atoms with E-state index in [1.165, 1.54) is 52.9 Å². The molecule has 3 aromatic heterocycles. The fourth-order valence-corrected chi connectivity index (χ4v) is 6.79. The molecule has 5 rings (SSSR count). The fraction of sp³-hybridized carbons (Fsp3) is 0.200. The Kier molecular flexibility index (Phi) is 7.81. The fourth-order valence-electron chi connectivity index (χ4n) is 4.04. The molecule has 1 unspecified atom stereocenters. The van der Waals surface area contributed by atoms with Crippen LogP contribution in [-0.4, -0.2) is 66.3 Å². The lowest BCUT2D eigenvalue weighted by molar-refractivity contribution is -0.124. The van der Waals surface area contributed by atoms with Crippen LogP contribution in [0.15, 0.2) is 72.2 Å². The predicted molar refractivity (Wildman–Crippen MR) is 144 cm³/mol. The number of hydroxylamine groups is 1. The van der Waals surface area contributed by atoms with E-state index in [9.17, 15) is 13.2 Å². The Labute approximate surface area is 228 Å². The van der Waals surface area contributed by atoms with Crippen molar-refractivity contribution in [1.82, 2.24) is 25.4 Å². The molecule has 1 aromatic carbocycles. The number of amides is 1. The zero-order valence-electron chi connectivity index (χ0n) is 20.7. The molecule has 1 amide bonds. The van der Waals surface area contributed by atoms with Gasteiger partial charge in [-0.25, -0.2) is 25.4 Å². The first-order valence-electron chi connectivity index (χ1n) is 11.7. The van der Waals surface area contributed by atoms with Gasteiger partial charge in [0, 0.05) is 49.3 Å². The number of fused-ring (bicyclic) bond motifs is 1. The largest absolute Gasteiger partial charge is 0.481 e. The van der Waals surface area contributed by atoms with Gasteiger partial charge in [-0.1, -0.05) is 12.1 Å². The number of nitrogens with zero attached hydrogens (tertiary/aromatic N) is 5. The second-order valence-electron chi connectivity index (χ2n) is 8.39. The third-order valence-electron chi connectivity index (χ3n) is 5.96. The van der Waals surface area contributed by atoms with Crippen LogP contribution in [-0.2, 0) is 19.6 Å². The lowest BCUT2D eigenvalue weighted by Gasteiger charge is -2.39. The number of carbonyl (C=O) groups is 1. The molecule has 4 aromatic rings. The molecule has 0 saturated carbocycles. The zero-order chi connectivity index (χ0) is 27.4. The van der Waals surface area contributed by atoms with E-state index in [0.717, 1.165) is 16.3 Å². The van der Waals surface area contributed by atoms with Crippen molar-refractivity contribution in [2.75, 3.05) is 31.2 Å². The number of carbonyl (C=O) groups excluding carboxylic acids is 1. The summed E-state index contributed by atoms with van der Waals surface area (Å²) in [7, 11) is -2.55. The number of methoxy groups -OCH3 is 1. The SMILES string of the molecule is COc1ccc(C2CN(N(c3cc4ncncc4s3)S(=O)(=O)c3ccc(C=CC(=O)NO)cc3)CCO2)cn1. The molecular weight excluding hydrogens is 544 g/mol. The number of anilines is 1. The highest BCUT2D eigenvalue weighted by molar-refractivity contribution is 7.93. The van der Waals surface area contributed by atoms with Crippen LogP contribution in [0.1, 0.15) is 17.2 Å². The summed E-state index contributed by atoms with van der Waals surface area (Å²) in [5.74, 6) is -0.225. The topological polar surface area (TPSA) is 147 Å². The number of benzene rings is 1. The average molecular weight is 569 g/mol. The third kappa shape index (κ3) is 5.74. The van der Waals surface area contributed by atoms with Gasteiger partial charge in [-0.2, -0.15) is 12.8 Å². The van der Waals surface area contributed by atoms with Crippen LogP contribution >= 0.6 is 11.3 Å². The van der Waals surface area contributed by atoms with Crippen LogP contribution < -0.4 is 14.6 Å². The van der Waals surface area contributed by atoms with E-state index in [1.807, 2.05) is 6.07 Å². The van der Waals surface area contributed by atoms with Gasteiger partial charge in [0.05, 0.1) is 34.9 Å². The van der Waals surface area contributed by atoms with E-state index in [0.29, 0.717) is 35.1 Å². The number of nitrogens with one attached hydrogen (secondary N) is 1.